The molecule has 4 nitrogen and oxygen atoms in total. The van der Waals surface area contributed by atoms with Crippen LogP contribution in [0.3, 0.4) is 0 Å². The Morgan fingerprint density at radius 2 is 1.60 bits per heavy atom. The van der Waals surface area contributed by atoms with Crippen LogP contribution in [0.5, 0.6) is 0 Å². The van der Waals surface area contributed by atoms with Gasteiger partial charge in [0.1, 0.15) is 6.04 Å². The van der Waals surface area contributed by atoms with Gasteiger partial charge in [0, 0.05) is 18.8 Å². The van der Waals surface area contributed by atoms with Crippen LogP contribution in [0.1, 0.15) is 48.9 Å². The van der Waals surface area contributed by atoms with E-state index in [1.54, 1.807) is 16.7 Å². The molecule has 2 amide bonds. The molecule has 0 bridgehead atoms. The topological polar surface area (TPSA) is 49.4 Å². The largest absolute Gasteiger partial charge is 0.354 e. The molecule has 1 atom stereocenters. The zero-order chi connectivity index (χ0) is 21.9. The number of thioether (sulfide) groups is 1. The van der Waals surface area contributed by atoms with Crippen LogP contribution in [0.2, 0.25) is 0 Å². The second-order valence-corrected chi connectivity index (χ2v) is 8.67. The second-order valence-electron chi connectivity index (χ2n) is 7.69. The fraction of sp³-hybridized carbons (Fsp3) is 0.440. The number of carbonyl (C=O) groups excluding carboxylic acids is 2. The minimum absolute atomic E-state index is 0.00465. The molecule has 0 radical (unpaired) electrons. The van der Waals surface area contributed by atoms with E-state index < -0.39 is 6.04 Å². The van der Waals surface area contributed by atoms with Gasteiger partial charge in [-0.3, -0.25) is 9.59 Å². The van der Waals surface area contributed by atoms with Crippen molar-refractivity contribution in [3.8, 4) is 0 Å². The van der Waals surface area contributed by atoms with Crippen molar-refractivity contribution in [3.05, 3.63) is 70.8 Å². The summed E-state index contributed by atoms with van der Waals surface area (Å²) in [4.78, 5) is 27.5. The predicted molar refractivity (Wildman–Crippen MR) is 126 cm³/mol. The van der Waals surface area contributed by atoms with Crippen LogP contribution in [0.15, 0.2) is 48.5 Å². The second kappa shape index (κ2) is 12.4. The smallest absolute Gasteiger partial charge is 0.242 e. The maximum Gasteiger partial charge on any atom is 0.242 e. The summed E-state index contributed by atoms with van der Waals surface area (Å²) in [5.41, 5.74) is 4.67. The van der Waals surface area contributed by atoms with E-state index in [1.165, 1.54) is 11.1 Å². The Morgan fingerprint density at radius 1 is 1.00 bits per heavy atom. The highest BCUT2D eigenvalue weighted by Gasteiger charge is 2.26. The average molecular weight is 427 g/mol. The first-order valence-corrected chi connectivity index (χ1v) is 11.8. The van der Waals surface area contributed by atoms with Crippen molar-refractivity contribution in [1.29, 1.82) is 0 Å². The first kappa shape index (κ1) is 24.0. The molecule has 0 aliphatic heterocycles. The molecule has 1 N–H and O–H groups in total. The highest BCUT2D eigenvalue weighted by molar-refractivity contribution is 7.99. The van der Waals surface area contributed by atoms with Crippen LogP contribution < -0.4 is 5.32 Å². The van der Waals surface area contributed by atoms with Gasteiger partial charge in [0.25, 0.3) is 0 Å². The number of benzene rings is 2. The Kier molecular flexibility index (Phi) is 9.95. The summed E-state index contributed by atoms with van der Waals surface area (Å²) in [5, 5.41) is 2.97. The number of unbranched alkanes of at least 4 members (excludes halogenated alkanes) is 1. The molecule has 0 aliphatic rings. The van der Waals surface area contributed by atoms with Crippen molar-refractivity contribution in [1.82, 2.24) is 10.2 Å². The summed E-state index contributed by atoms with van der Waals surface area (Å²) in [6.07, 6.45) is 1.96. The van der Waals surface area contributed by atoms with E-state index in [4.69, 9.17) is 0 Å². The molecule has 1 unspecified atom stereocenters. The van der Waals surface area contributed by atoms with E-state index in [0.29, 0.717) is 18.8 Å². The summed E-state index contributed by atoms with van der Waals surface area (Å²) in [6.45, 7) is 9.13. The first-order chi connectivity index (χ1) is 14.4. The Bertz CT molecular complexity index is 837. The quantitative estimate of drug-likeness (QED) is 0.522. The molecule has 0 fully saturated rings. The zero-order valence-electron chi connectivity index (χ0n) is 18.6. The lowest BCUT2D eigenvalue weighted by atomic mass is 10.1. The van der Waals surface area contributed by atoms with E-state index in [9.17, 15) is 9.59 Å². The Labute approximate surface area is 185 Å². The third-order valence-corrected chi connectivity index (χ3v) is 6.31. The Balaban J connectivity index is 2.07. The molecule has 30 heavy (non-hydrogen) atoms. The number of nitrogens with zero attached hydrogens (tertiary/aromatic N) is 1. The summed E-state index contributed by atoms with van der Waals surface area (Å²) < 4.78 is 0. The molecule has 162 valence electrons. The van der Waals surface area contributed by atoms with E-state index in [-0.39, 0.29) is 11.8 Å². The van der Waals surface area contributed by atoms with Crippen molar-refractivity contribution in [2.45, 2.75) is 58.9 Å². The Morgan fingerprint density at radius 3 is 2.20 bits per heavy atom. The van der Waals surface area contributed by atoms with Crippen LogP contribution in [0.4, 0.5) is 0 Å². The molecule has 2 aromatic rings. The van der Waals surface area contributed by atoms with Crippen molar-refractivity contribution in [2.75, 3.05) is 12.3 Å². The monoisotopic (exact) mass is 426 g/mol. The van der Waals surface area contributed by atoms with Gasteiger partial charge in [-0.2, -0.15) is 0 Å². The normalized spacial score (nSPS) is 11.7. The molecule has 2 rings (SSSR count). The fourth-order valence-corrected chi connectivity index (χ4v) is 4.18. The Hall–Kier alpha value is -2.27. The van der Waals surface area contributed by atoms with Crippen LogP contribution in [-0.4, -0.2) is 35.1 Å². The average Bonchev–Trinajstić information content (AvgIpc) is 2.74. The summed E-state index contributed by atoms with van der Waals surface area (Å²) in [5.74, 6) is 1.05. The number of nitrogens with one attached hydrogen (secondary N) is 1. The van der Waals surface area contributed by atoms with Gasteiger partial charge in [0.05, 0.1) is 5.75 Å². The van der Waals surface area contributed by atoms with E-state index in [0.717, 1.165) is 29.7 Å². The molecule has 0 heterocycles. The molecule has 2 aromatic carbocycles. The fourth-order valence-electron chi connectivity index (χ4n) is 3.19. The van der Waals surface area contributed by atoms with Gasteiger partial charge in [-0.25, -0.2) is 0 Å². The van der Waals surface area contributed by atoms with E-state index in [2.05, 4.69) is 31.3 Å². The minimum atomic E-state index is -0.506. The zero-order valence-corrected chi connectivity index (χ0v) is 19.4. The lowest BCUT2D eigenvalue weighted by Crippen LogP contribution is -2.48. The van der Waals surface area contributed by atoms with Crippen LogP contribution in [0.25, 0.3) is 0 Å². The van der Waals surface area contributed by atoms with Crippen LogP contribution >= 0.6 is 11.8 Å². The molecule has 0 saturated heterocycles. The minimum Gasteiger partial charge on any atom is -0.354 e. The lowest BCUT2D eigenvalue weighted by Gasteiger charge is -2.29. The first-order valence-electron chi connectivity index (χ1n) is 10.7. The van der Waals surface area contributed by atoms with Gasteiger partial charge in [-0.05, 0) is 49.4 Å². The molecule has 5 heteroatoms. The highest BCUT2D eigenvalue weighted by atomic mass is 32.2. The standard InChI is InChI=1S/C25H34N2O2S/c1-5-6-15-26-25(29)21(4)27(16-22-13-9-7-11-19(22)2)24(28)18-30-17-23-14-10-8-12-20(23)3/h7-14,21H,5-6,15-18H2,1-4H3,(H,26,29). The van der Waals surface area contributed by atoms with Gasteiger partial charge in [-0.15, -0.1) is 11.8 Å². The number of hydrogen-bond acceptors (Lipinski definition) is 3. The lowest BCUT2D eigenvalue weighted by molar-refractivity contribution is -0.138. The van der Waals surface area contributed by atoms with Gasteiger partial charge in [-0.1, -0.05) is 61.9 Å². The van der Waals surface area contributed by atoms with Gasteiger partial charge >= 0.3 is 0 Å². The van der Waals surface area contributed by atoms with Gasteiger partial charge in [0.2, 0.25) is 11.8 Å². The number of amides is 2. The predicted octanol–water partition coefficient (Wildman–Crippen LogP) is 4.87. The van der Waals surface area contributed by atoms with Crippen LogP contribution in [-0.2, 0) is 21.9 Å². The van der Waals surface area contributed by atoms with E-state index >= 15 is 0 Å². The van der Waals surface area contributed by atoms with E-state index in [1.807, 2.05) is 50.2 Å². The maximum atomic E-state index is 13.1. The molecule has 0 aliphatic carbocycles. The van der Waals surface area contributed by atoms with Gasteiger partial charge in [0.15, 0.2) is 0 Å². The van der Waals surface area contributed by atoms with Crippen molar-refractivity contribution in [2.24, 2.45) is 0 Å². The molecule has 0 spiro atoms. The highest BCUT2D eigenvalue weighted by Crippen LogP contribution is 2.19. The molecule has 0 saturated carbocycles. The number of carbonyl (C=O) groups is 2. The van der Waals surface area contributed by atoms with Crippen molar-refractivity contribution < 1.29 is 9.59 Å². The number of rotatable bonds is 11. The van der Waals surface area contributed by atoms with Crippen molar-refractivity contribution in [3.63, 3.8) is 0 Å². The maximum absolute atomic E-state index is 13.1. The summed E-state index contributed by atoms with van der Waals surface area (Å²) >= 11 is 1.60. The van der Waals surface area contributed by atoms with Crippen LogP contribution in [0, 0.1) is 13.8 Å². The SMILES string of the molecule is CCCCNC(=O)C(C)N(Cc1ccccc1C)C(=O)CSCc1ccccc1C. The summed E-state index contributed by atoms with van der Waals surface area (Å²) in [6, 6.07) is 15.8. The number of hydrogen-bond donors (Lipinski definition) is 1. The summed E-state index contributed by atoms with van der Waals surface area (Å²) in [7, 11) is 0. The third kappa shape index (κ3) is 7.21. The number of aryl methyl sites for hydroxylation is 2. The molecular formula is C25H34N2O2S. The van der Waals surface area contributed by atoms with Gasteiger partial charge < -0.3 is 10.2 Å². The third-order valence-electron chi connectivity index (χ3n) is 5.34. The molecule has 0 aromatic heterocycles. The van der Waals surface area contributed by atoms with Crippen molar-refractivity contribution >= 4 is 23.6 Å². The molecular weight excluding hydrogens is 392 g/mol.